The molecule has 2 unspecified atom stereocenters. The Labute approximate surface area is 73.8 Å². The van der Waals surface area contributed by atoms with Gasteiger partial charge in [0.05, 0.1) is 0 Å². The van der Waals surface area contributed by atoms with Crippen LogP contribution in [0.1, 0.15) is 25.7 Å². The van der Waals surface area contributed by atoms with Crippen LogP contribution in [0.3, 0.4) is 0 Å². The molecule has 12 heavy (non-hydrogen) atoms. The Morgan fingerprint density at radius 3 is 2.58 bits per heavy atom. The van der Waals surface area contributed by atoms with Gasteiger partial charge < -0.3 is 15.5 Å². The standard InChI is InChI=1S/C9H19NO2/c11-5-2-8-1-4-10-9(7-8)3-6-12/h8-12H,1-7H2. The molecule has 1 aliphatic heterocycles. The molecule has 72 valence electrons. The fourth-order valence-electron chi connectivity index (χ4n) is 1.92. The van der Waals surface area contributed by atoms with Crippen LogP contribution in [0.5, 0.6) is 0 Å². The average molecular weight is 173 g/mol. The molecular weight excluding hydrogens is 154 g/mol. The molecule has 1 rings (SSSR count). The molecule has 0 aromatic carbocycles. The van der Waals surface area contributed by atoms with Crippen LogP contribution in [0.25, 0.3) is 0 Å². The molecule has 0 radical (unpaired) electrons. The molecule has 3 heteroatoms. The summed E-state index contributed by atoms with van der Waals surface area (Å²) in [6, 6.07) is 0.472. The molecule has 2 atom stereocenters. The lowest BCUT2D eigenvalue weighted by atomic mass is 9.89. The molecule has 0 saturated carbocycles. The van der Waals surface area contributed by atoms with Gasteiger partial charge in [-0.05, 0) is 38.1 Å². The van der Waals surface area contributed by atoms with Gasteiger partial charge in [-0.2, -0.15) is 0 Å². The largest absolute Gasteiger partial charge is 0.396 e. The summed E-state index contributed by atoms with van der Waals surface area (Å²) in [4.78, 5) is 0. The predicted octanol–water partition coefficient (Wildman–Crippen LogP) is 0.119. The summed E-state index contributed by atoms with van der Waals surface area (Å²) in [5.41, 5.74) is 0. The van der Waals surface area contributed by atoms with Gasteiger partial charge in [0, 0.05) is 19.3 Å². The van der Waals surface area contributed by atoms with Crippen LogP contribution in [0.15, 0.2) is 0 Å². The lowest BCUT2D eigenvalue weighted by molar-refractivity contribution is 0.194. The zero-order chi connectivity index (χ0) is 8.81. The van der Waals surface area contributed by atoms with Crippen LogP contribution < -0.4 is 5.32 Å². The first kappa shape index (κ1) is 9.96. The van der Waals surface area contributed by atoms with E-state index >= 15 is 0 Å². The zero-order valence-corrected chi connectivity index (χ0v) is 7.50. The lowest BCUT2D eigenvalue weighted by Crippen LogP contribution is -2.38. The normalized spacial score (nSPS) is 30.5. The lowest BCUT2D eigenvalue weighted by Gasteiger charge is -2.29. The van der Waals surface area contributed by atoms with Crippen LogP contribution in [0, 0.1) is 5.92 Å². The maximum absolute atomic E-state index is 8.76. The highest BCUT2D eigenvalue weighted by Gasteiger charge is 2.19. The summed E-state index contributed by atoms with van der Waals surface area (Å²) in [5.74, 6) is 0.660. The smallest absolute Gasteiger partial charge is 0.0445 e. The second-order valence-corrected chi connectivity index (χ2v) is 3.57. The van der Waals surface area contributed by atoms with E-state index in [1.165, 1.54) is 6.42 Å². The van der Waals surface area contributed by atoms with Gasteiger partial charge in [-0.3, -0.25) is 0 Å². The molecule has 3 nitrogen and oxygen atoms in total. The molecule has 0 spiro atoms. The second kappa shape index (κ2) is 5.51. The van der Waals surface area contributed by atoms with Gasteiger partial charge in [-0.25, -0.2) is 0 Å². The third kappa shape index (κ3) is 3.09. The maximum atomic E-state index is 8.76. The van der Waals surface area contributed by atoms with E-state index < -0.39 is 0 Å². The molecule has 1 heterocycles. The first-order valence-corrected chi connectivity index (χ1v) is 4.82. The molecule has 0 aliphatic carbocycles. The molecule has 3 N–H and O–H groups in total. The van der Waals surface area contributed by atoms with Gasteiger partial charge in [-0.15, -0.1) is 0 Å². The summed E-state index contributed by atoms with van der Waals surface area (Å²) in [7, 11) is 0. The maximum Gasteiger partial charge on any atom is 0.0445 e. The Morgan fingerprint density at radius 1 is 1.17 bits per heavy atom. The van der Waals surface area contributed by atoms with Crippen LogP contribution in [0.2, 0.25) is 0 Å². The van der Waals surface area contributed by atoms with Crippen molar-refractivity contribution >= 4 is 0 Å². The van der Waals surface area contributed by atoms with Crippen molar-refractivity contribution in [2.45, 2.75) is 31.7 Å². The molecule has 1 saturated heterocycles. The topological polar surface area (TPSA) is 52.5 Å². The molecule has 1 aliphatic rings. The van der Waals surface area contributed by atoms with Gasteiger partial charge in [0.2, 0.25) is 0 Å². The van der Waals surface area contributed by atoms with Gasteiger partial charge in [-0.1, -0.05) is 0 Å². The molecule has 1 fully saturated rings. The van der Waals surface area contributed by atoms with Crippen LogP contribution in [-0.2, 0) is 0 Å². The highest BCUT2D eigenvalue weighted by Crippen LogP contribution is 2.20. The number of aliphatic hydroxyl groups excluding tert-OH is 2. The number of hydrogen-bond acceptors (Lipinski definition) is 3. The fraction of sp³-hybridized carbons (Fsp3) is 1.00. The summed E-state index contributed by atoms with van der Waals surface area (Å²) >= 11 is 0. The minimum Gasteiger partial charge on any atom is -0.396 e. The summed E-state index contributed by atoms with van der Waals surface area (Å²) in [6.45, 7) is 1.61. The van der Waals surface area contributed by atoms with Crippen molar-refractivity contribution in [3.05, 3.63) is 0 Å². The Bertz CT molecular complexity index is 103. The molecule has 0 amide bonds. The minimum absolute atomic E-state index is 0.267. The van der Waals surface area contributed by atoms with Crippen molar-refractivity contribution in [1.29, 1.82) is 0 Å². The fourth-order valence-corrected chi connectivity index (χ4v) is 1.92. The quantitative estimate of drug-likeness (QED) is 0.566. The third-order valence-electron chi connectivity index (χ3n) is 2.62. The van der Waals surface area contributed by atoms with E-state index in [4.69, 9.17) is 10.2 Å². The van der Waals surface area contributed by atoms with Crippen molar-refractivity contribution in [3.8, 4) is 0 Å². The molecular formula is C9H19NO2. The van der Waals surface area contributed by atoms with Crippen molar-refractivity contribution in [2.24, 2.45) is 5.92 Å². The Kier molecular flexibility index (Phi) is 4.58. The average Bonchev–Trinajstić information content (AvgIpc) is 2.06. The first-order valence-electron chi connectivity index (χ1n) is 4.82. The van der Waals surface area contributed by atoms with Gasteiger partial charge >= 0.3 is 0 Å². The highest BCUT2D eigenvalue weighted by atomic mass is 16.3. The van der Waals surface area contributed by atoms with Crippen molar-refractivity contribution in [2.75, 3.05) is 19.8 Å². The molecule has 0 bridgehead atoms. The minimum atomic E-state index is 0.267. The van der Waals surface area contributed by atoms with E-state index in [2.05, 4.69) is 5.32 Å². The van der Waals surface area contributed by atoms with E-state index in [1.54, 1.807) is 0 Å². The molecule has 0 aromatic rings. The van der Waals surface area contributed by atoms with E-state index in [-0.39, 0.29) is 6.61 Å². The van der Waals surface area contributed by atoms with E-state index in [1.807, 2.05) is 0 Å². The molecule has 0 aromatic heterocycles. The van der Waals surface area contributed by atoms with Crippen LogP contribution in [0.4, 0.5) is 0 Å². The number of piperidine rings is 1. The predicted molar refractivity (Wildman–Crippen MR) is 47.9 cm³/mol. The van der Waals surface area contributed by atoms with Crippen molar-refractivity contribution < 1.29 is 10.2 Å². The van der Waals surface area contributed by atoms with Gasteiger partial charge in [0.15, 0.2) is 0 Å². The summed E-state index contributed by atoms with van der Waals surface area (Å²) in [5, 5.41) is 20.9. The van der Waals surface area contributed by atoms with E-state index in [0.29, 0.717) is 18.6 Å². The third-order valence-corrected chi connectivity index (χ3v) is 2.62. The Balaban J connectivity index is 2.20. The number of nitrogens with one attached hydrogen (secondary N) is 1. The zero-order valence-electron chi connectivity index (χ0n) is 7.50. The van der Waals surface area contributed by atoms with E-state index in [9.17, 15) is 0 Å². The number of rotatable bonds is 4. The van der Waals surface area contributed by atoms with Gasteiger partial charge in [0.1, 0.15) is 0 Å². The summed E-state index contributed by atoms with van der Waals surface area (Å²) < 4.78 is 0. The van der Waals surface area contributed by atoms with Crippen molar-refractivity contribution in [3.63, 3.8) is 0 Å². The number of hydrogen-bond donors (Lipinski definition) is 3. The van der Waals surface area contributed by atoms with Crippen molar-refractivity contribution in [1.82, 2.24) is 5.32 Å². The second-order valence-electron chi connectivity index (χ2n) is 3.57. The Hall–Kier alpha value is -0.120. The summed E-state index contributed by atoms with van der Waals surface area (Å²) in [6.07, 6.45) is 4.05. The highest BCUT2D eigenvalue weighted by molar-refractivity contribution is 4.77. The first-order chi connectivity index (χ1) is 5.86. The van der Waals surface area contributed by atoms with Gasteiger partial charge in [0.25, 0.3) is 0 Å². The van der Waals surface area contributed by atoms with E-state index in [0.717, 1.165) is 25.8 Å². The van der Waals surface area contributed by atoms with Crippen LogP contribution >= 0.6 is 0 Å². The monoisotopic (exact) mass is 173 g/mol. The number of aliphatic hydroxyl groups is 2. The SMILES string of the molecule is OCCC1CCNC(CCO)C1. The van der Waals surface area contributed by atoms with Crippen LogP contribution in [-0.4, -0.2) is 36.0 Å². The Morgan fingerprint density at radius 2 is 1.92 bits per heavy atom.